The number of unbranched alkanes of at least 4 members (excludes halogenated alkanes) is 1. The highest BCUT2D eigenvalue weighted by atomic mass is 16.5. The molecule has 0 saturated heterocycles. The lowest BCUT2D eigenvalue weighted by Crippen LogP contribution is -2.52. The van der Waals surface area contributed by atoms with Crippen LogP contribution in [0.25, 0.3) is 0 Å². The van der Waals surface area contributed by atoms with Crippen molar-refractivity contribution < 1.29 is 4.74 Å². The van der Waals surface area contributed by atoms with Crippen molar-refractivity contribution in [1.82, 2.24) is 5.32 Å². The van der Waals surface area contributed by atoms with Crippen molar-refractivity contribution >= 4 is 0 Å². The summed E-state index contributed by atoms with van der Waals surface area (Å²) in [6.07, 6.45) is 5.97. The Balaban J connectivity index is 4.61. The van der Waals surface area contributed by atoms with Crippen molar-refractivity contribution in [3.05, 3.63) is 0 Å². The first-order chi connectivity index (χ1) is 7.70. The van der Waals surface area contributed by atoms with Gasteiger partial charge in [-0.15, -0.1) is 0 Å². The predicted octanol–water partition coefficient (Wildman–Crippen LogP) is 3.75. The van der Waals surface area contributed by atoms with E-state index in [1.165, 1.54) is 19.3 Å². The van der Waals surface area contributed by atoms with Gasteiger partial charge in [0.25, 0.3) is 0 Å². The van der Waals surface area contributed by atoms with E-state index in [4.69, 9.17) is 4.74 Å². The van der Waals surface area contributed by atoms with Crippen molar-refractivity contribution in [2.75, 3.05) is 13.2 Å². The van der Waals surface area contributed by atoms with Gasteiger partial charge in [0.15, 0.2) is 0 Å². The maximum atomic E-state index is 6.08. The summed E-state index contributed by atoms with van der Waals surface area (Å²) >= 11 is 0. The Labute approximate surface area is 102 Å². The first-order valence-electron chi connectivity index (χ1n) is 7.07. The second-order valence-electron chi connectivity index (χ2n) is 4.46. The molecule has 0 heterocycles. The summed E-state index contributed by atoms with van der Waals surface area (Å²) in [4.78, 5) is 0. The van der Waals surface area contributed by atoms with Gasteiger partial charge in [-0.3, -0.25) is 0 Å². The van der Waals surface area contributed by atoms with E-state index in [2.05, 4.69) is 39.9 Å². The van der Waals surface area contributed by atoms with Crippen LogP contribution in [0.1, 0.15) is 66.7 Å². The van der Waals surface area contributed by atoms with Gasteiger partial charge in [-0.1, -0.05) is 40.5 Å². The van der Waals surface area contributed by atoms with Gasteiger partial charge in [0.2, 0.25) is 0 Å². The highest BCUT2D eigenvalue weighted by Gasteiger charge is 2.35. The minimum atomic E-state index is 0.0416. The predicted molar refractivity (Wildman–Crippen MR) is 71.9 cm³/mol. The second kappa shape index (κ2) is 9.00. The maximum absolute atomic E-state index is 6.08. The van der Waals surface area contributed by atoms with Gasteiger partial charge in [-0.2, -0.15) is 0 Å². The molecule has 0 spiro atoms. The molecule has 0 aromatic carbocycles. The topological polar surface area (TPSA) is 21.3 Å². The molecule has 0 aliphatic heterocycles. The number of likely N-dealkylation sites (N-methyl/N-ethyl adjacent to an activating group) is 1. The van der Waals surface area contributed by atoms with Gasteiger partial charge >= 0.3 is 0 Å². The second-order valence-corrected chi connectivity index (χ2v) is 4.46. The average Bonchev–Trinajstić information content (AvgIpc) is 2.32. The van der Waals surface area contributed by atoms with E-state index >= 15 is 0 Å². The van der Waals surface area contributed by atoms with E-state index in [0.717, 1.165) is 26.0 Å². The minimum absolute atomic E-state index is 0.0416. The number of nitrogens with one attached hydrogen (secondary N) is 1. The van der Waals surface area contributed by atoms with E-state index in [9.17, 15) is 0 Å². The summed E-state index contributed by atoms with van der Waals surface area (Å²) in [6, 6.07) is 0.507. The Kier molecular flexibility index (Phi) is 8.96. The van der Waals surface area contributed by atoms with Gasteiger partial charge in [0.05, 0.1) is 5.60 Å². The van der Waals surface area contributed by atoms with Crippen molar-refractivity contribution in [1.29, 1.82) is 0 Å². The fourth-order valence-corrected chi connectivity index (χ4v) is 2.54. The fourth-order valence-electron chi connectivity index (χ4n) is 2.54. The quantitative estimate of drug-likeness (QED) is 0.616. The van der Waals surface area contributed by atoms with Crippen molar-refractivity contribution in [2.24, 2.45) is 0 Å². The molecule has 0 saturated carbocycles. The molecule has 1 unspecified atom stereocenters. The molecule has 2 nitrogen and oxygen atoms in total. The third kappa shape index (κ3) is 4.42. The van der Waals surface area contributed by atoms with E-state index in [-0.39, 0.29) is 5.60 Å². The van der Waals surface area contributed by atoms with Gasteiger partial charge in [-0.25, -0.2) is 0 Å². The van der Waals surface area contributed by atoms with Crippen LogP contribution in [0, 0.1) is 0 Å². The van der Waals surface area contributed by atoms with Crippen LogP contribution in [0.4, 0.5) is 0 Å². The van der Waals surface area contributed by atoms with Crippen LogP contribution in [0.15, 0.2) is 0 Å². The Hall–Kier alpha value is -0.0800. The van der Waals surface area contributed by atoms with Crippen LogP contribution in [0.5, 0.6) is 0 Å². The summed E-state index contributed by atoms with van der Waals surface area (Å²) in [6.45, 7) is 12.9. The number of rotatable bonds is 10. The lowest BCUT2D eigenvalue weighted by molar-refractivity contribution is -0.0738. The van der Waals surface area contributed by atoms with Gasteiger partial charge in [0, 0.05) is 12.6 Å². The van der Waals surface area contributed by atoms with Crippen LogP contribution in [0.3, 0.4) is 0 Å². The Bertz CT molecular complexity index is 155. The first kappa shape index (κ1) is 15.9. The summed E-state index contributed by atoms with van der Waals surface area (Å²) < 4.78 is 6.08. The third-order valence-corrected chi connectivity index (χ3v) is 3.56. The Morgan fingerprint density at radius 1 is 1.06 bits per heavy atom. The van der Waals surface area contributed by atoms with Crippen LogP contribution in [-0.2, 0) is 4.74 Å². The van der Waals surface area contributed by atoms with Gasteiger partial charge in [0.1, 0.15) is 0 Å². The van der Waals surface area contributed by atoms with Crippen molar-refractivity contribution in [3.63, 3.8) is 0 Å². The van der Waals surface area contributed by atoms with E-state index in [0.29, 0.717) is 6.04 Å². The SMILES string of the molecule is CCCCC(NCC)C(CC)(CC)OCC. The average molecular weight is 229 g/mol. The van der Waals surface area contributed by atoms with Crippen LogP contribution in [-0.4, -0.2) is 24.8 Å². The molecule has 0 rings (SSSR count). The number of hydrogen-bond donors (Lipinski definition) is 1. The monoisotopic (exact) mass is 229 g/mol. The van der Waals surface area contributed by atoms with Crippen molar-refractivity contribution in [2.45, 2.75) is 78.4 Å². The standard InChI is InChI=1S/C14H31NO/c1-6-11-12-13(15-9-4)14(7-2,8-3)16-10-5/h13,15H,6-12H2,1-5H3. The molecular formula is C14H31NO. The summed E-state index contributed by atoms with van der Waals surface area (Å²) in [7, 11) is 0. The first-order valence-corrected chi connectivity index (χ1v) is 7.07. The molecule has 0 radical (unpaired) electrons. The summed E-state index contributed by atoms with van der Waals surface area (Å²) in [5, 5.41) is 3.62. The van der Waals surface area contributed by atoms with Gasteiger partial charge in [-0.05, 0) is 32.7 Å². The van der Waals surface area contributed by atoms with Crippen LogP contribution in [0.2, 0.25) is 0 Å². The molecule has 2 heteroatoms. The zero-order chi connectivity index (χ0) is 12.4. The molecule has 98 valence electrons. The molecule has 0 aromatic rings. The number of hydrogen-bond acceptors (Lipinski definition) is 2. The van der Waals surface area contributed by atoms with E-state index in [1.807, 2.05) is 0 Å². The zero-order valence-electron chi connectivity index (χ0n) is 11.9. The summed E-state index contributed by atoms with van der Waals surface area (Å²) in [5.74, 6) is 0. The molecule has 0 aromatic heterocycles. The molecule has 0 aliphatic rings. The lowest BCUT2D eigenvalue weighted by Gasteiger charge is -2.40. The highest BCUT2D eigenvalue weighted by molar-refractivity contribution is 4.91. The number of ether oxygens (including phenoxy) is 1. The Morgan fingerprint density at radius 2 is 1.69 bits per heavy atom. The third-order valence-electron chi connectivity index (χ3n) is 3.56. The fraction of sp³-hybridized carbons (Fsp3) is 1.00. The van der Waals surface area contributed by atoms with E-state index < -0.39 is 0 Å². The smallest absolute Gasteiger partial charge is 0.0829 e. The molecule has 1 atom stereocenters. The largest absolute Gasteiger partial charge is 0.374 e. The van der Waals surface area contributed by atoms with Gasteiger partial charge < -0.3 is 10.1 Å². The molecule has 0 aliphatic carbocycles. The molecule has 0 fully saturated rings. The molecular weight excluding hydrogens is 198 g/mol. The molecule has 16 heavy (non-hydrogen) atoms. The highest BCUT2D eigenvalue weighted by Crippen LogP contribution is 2.28. The summed E-state index contributed by atoms with van der Waals surface area (Å²) in [5.41, 5.74) is 0.0416. The minimum Gasteiger partial charge on any atom is -0.374 e. The van der Waals surface area contributed by atoms with Crippen LogP contribution < -0.4 is 5.32 Å². The van der Waals surface area contributed by atoms with E-state index in [1.54, 1.807) is 0 Å². The lowest BCUT2D eigenvalue weighted by atomic mass is 9.85. The Morgan fingerprint density at radius 3 is 2.06 bits per heavy atom. The molecule has 0 amide bonds. The normalized spacial score (nSPS) is 14.1. The molecule has 0 bridgehead atoms. The molecule has 1 N–H and O–H groups in total. The zero-order valence-corrected chi connectivity index (χ0v) is 11.9. The maximum Gasteiger partial charge on any atom is 0.0829 e. The van der Waals surface area contributed by atoms with Crippen LogP contribution >= 0.6 is 0 Å². The van der Waals surface area contributed by atoms with Crippen molar-refractivity contribution in [3.8, 4) is 0 Å².